The molecule has 0 spiro atoms. The Labute approximate surface area is 92.6 Å². The number of nitrogens with one attached hydrogen (secondary N) is 1. The fourth-order valence-electron chi connectivity index (χ4n) is 1.68. The molecule has 0 aromatic heterocycles. The molecule has 0 bridgehead atoms. The molecule has 0 amide bonds. The molecule has 0 saturated carbocycles. The van der Waals surface area contributed by atoms with Crippen LogP contribution in [-0.4, -0.2) is 19.8 Å². The molecular weight excluding hydrogens is 186 g/mol. The third-order valence-corrected chi connectivity index (χ3v) is 2.65. The van der Waals surface area contributed by atoms with Gasteiger partial charge in [-0.2, -0.15) is 0 Å². The lowest BCUT2D eigenvalue weighted by Crippen LogP contribution is -2.34. The average molecular weight is 207 g/mol. The molecule has 15 heavy (non-hydrogen) atoms. The molecule has 0 fully saturated rings. The lowest BCUT2D eigenvalue weighted by atomic mass is 10.1. The molecule has 1 aromatic rings. The van der Waals surface area contributed by atoms with E-state index in [0.717, 1.165) is 13.0 Å². The lowest BCUT2D eigenvalue weighted by molar-refractivity contribution is 0.159. The highest BCUT2D eigenvalue weighted by Gasteiger charge is 2.10. The zero-order valence-electron chi connectivity index (χ0n) is 9.86. The maximum Gasteiger partial charge on any atom is 0.0615 e. The van der Waals surface area contributed by atoms with Crippen LogP contribution in [0.25, 0.3) is 0 Å². The highest BCUT2D eigenvalue weighted by molar-refractivity contribution is 5.18. The smallest absolute Gasteiger partial charge is 0.0615 e. The molecule has 1 aromatic carbocycles. The van der Waals surface area contributed by atoms with E-state index in [9.17, 15) is 0 Å². The first-order valence-corrected chi connectivity index (χ1v) is 5.57. The first-order valence-electron chi connectivity index (χ1n) is 5.57. The van der Waals surface area contributed by atoms with E-state index in [1.807, 2.05) is 6.07 Å². The molecule has 84 valence electrons. The maximum absolute atomic E-state index is 5.17. The zero-order chi connectivity index (χ0) is 11.1. The summed E-state index contributed by atoms with van der Waals surface area (Å²) in [7, 11) is 1.75. The second-order valence-corrected chi connectivity index (χ2v) is 3.86. The third kappa shape index (κ3) is 4.02. The van der Waals surface area contributed by atoms with Crippen LogP contribution in [0, 0.1) is 0 Å². The van der Waals surface area contributed by atoms with Gasteiger partial charge >= 0.3 is 0 Å². The summed E-state index contributed by atoms with van der Waals surface area (Å²) in [4.78, 5) is 0. The van der Waals surface area contributed by atoms with Crippen molar-refractivity contribution >= 4 is 0 Å². The van der Waals surface area contributed by atoms with E-state index in [1.54, 1.807) is 7.11 Å². The van der Waals surface area contributed by atoms with E-state index in [2.05, 4.69) is 43.4 Å². The SMILES string of the molecule is CC[C@H](COC)N[C@H](C)c1ccccc1. The molecule has 0 aliphatic heterocycles. The molecule has 0 aliphatic rings. The monoisotopic (exact) mass is 207 g/mol. The van der Waals surface area contributed by atoms with Gasteiger partial charge in [-0.1, -0.05) is 37.3 Å². The van der Waals surface area contributed by atoms with Crippen molar-refractivity contribution in [3.63, 3.8) is 0 Å². The van der Waals surface area contributed by atoms with Crippen molar-refractivity contribution in [2.75, 3.05) is 13.7 Å². The maximum atomic E-state index is 5.17. The summed E-state index contributed by atoms with van der Waals surface area (Å²) in [5.41, 5.74) is 1.33. The quantitative estimate of drug-likeness (QED) is 0.774. The Morgan fingerprint density at radius 1 is 1.27 bits per heavy atom. The van der Waals surface area contributed by atoms with Gasteiger partial charge in [0.25, 0.3) is 0 Å². The standard InChI is InChI=1S/C13H21NO/c1-4-13(10-15-3)14-11(2)12-8-6-5-7-9-12/h5-9,11,13-14H,4,10H2,1-3H3/t11-,13-/m1/s1. The molecule has 2 atom stereocenters. The van der Waals surface area contributed by atoms with Crippen molar-refractivity contribution < 1.29 is 4.74 Å². The predicted molar refractivity (Wildman–Crippen MR) is 63.9 cm³/mol. The molecule has 0 aliphatic carbocycles. The summed E-state index contributed by atoms with van der Waals surface area (Å²) in [6.45, 7) is 5.13. The fourth-order valence-corrected chi connectivity index (χ4v) is 1.68. The van der Waals surface area contributed by atoms with E-state index < -0.39 is 0 Å². The number of rotatable bonds is 6. The Kier molecular flexibility index (Phi) is 5.37. The summed E-state index contributed by atoms with van der Waals surface area (Å²) in [5, 5.41) is 3.56. The Balaban J connectivity index is 2.50. The summed E-state index contributed by atoms with van der Waals surface area (Å²) in [5.74, 6) is 0. The van der Waals surface area contributed by atoms with Crippen LogP contribution >= 0.6 is 0 Å². The third-order valence-electron chi connectivity index (χ3n) is 2.65. The van der Waals surface area contributed by atoms with Crippen molar-refractivity contribution in [2.45, 2.75) is 32.4 Å². The zero-order valence-corrected chi connectivity index (χ0v) is 9.86. The van der Waals surface area contributed by atoms with Crippen LogP contribution in [0.3, 0.4) is 0 Å². The summed E-state index contributed by atoms with van der Waals surface area (Å²) in [6, 6.07) is 11.3. The molecule has 0 saturated heterocycles. The second kappa shape index (κ2) is 6.59. The molecule has 1 N–H and O–H groups in total. The van der Waals surface area contributed by atoms with Crippen LogP contribution in [0.2, 0.25) is 0 Å². The first-order chi connectivity index (χ1) is 7.27. The van der Waals surface area contributed by atoms with Gasteiger partial charge in [-0.3, -0.25) is 0 Å². The molecule has 0 heterocycles. The lowest BCUT2D eigenvalue weighted by Gasteiger charge is -2.21. The summed E-state index contributed by atoms with van der Waals surface area (Å²) in [6.07, 6.45) is 1.09. The van der Waals surface area contributed by atoms with E-state index >= 15 is 0 Å². The van der Waals surface area contributed by atoms with Gasteiger partial charge in [0.1, 0.15) is 0 Å². The van der Waals surface area contributed by atoms with E-state index in [4.69, 9.17) is 4.74 Å². The fraction of sp³-hybridized carbons (Fsp3) is 0.538. The van der Waals surface area contributed by atoms with Gasteiger partial charge < -0.3 is 10.1 Å². The highest BCUT2D eigenvalue weighted by Crippen LogP contribution is 2.12. The summed E-state index contributed by atoms with van der Waals surface area (Å²) >= 11 is 0. The van der Waals surface area contributed by atoms with Crippen molar-refractivity contribution in [2.24, 2.45) is 0 Å². The molecule has 0 unspecified atom stereocenters. The number of methoxy groups -OCH3 is 1. The van der Waals surface area contributed by atoms with Crippen LogP contribution in [0.1, 0.15) is 31.9 Å². The number of benzene rings is 1. The predicted octanol–water partition coefficient (Wildman–Crippen LogP) is 2.76. The van der Waals surface area contributed by atoms with Gasteiger partial charge in [-0.15, -0.1) is 0 Å². The van der Waals surface area contributed by atoms with Gasteiger partial charge in [-0.05, 0) is 18.9 Å². The van der Waals surface area contributed by atoms with E-state index in [0.29, 0.717) is 12.1 Å². The van der Waals surface area contributed by atoms with Crippen molar-refractivity contribution in [1.29, 1.82) is 0 Å². The van der Waals surface area contributed by atoms with Crippen molar-refractivity contribution in [1.82, 2.24) is 5.32 Å². The molecule has 0 radical (unpaired) electrons. The molecule has 2 heteroatoms. The van der Waals surface area contributed by atoms with Gasteiger partial charge in [0.2, 0.25) is 0 Å². The van der Waals surface area contributed by atoms with Gasteiger partial charge in [0.05, 0.1) is 6.61 Å². The molecule has 2 nitrogen and oxygen atoms in total. The number of hydrogen-bond acceptors (Lipinski definition) is 2. The first kappa shape index (κ1) is 12.2. The number of hydrogen-bond donors (Lipinski definition) is 1. The van der Waals surface area contributed by atoms with Crippen LogP contribution in [0.5, 0.6) is 0 Å². The van der Waals surface area contributed by atoms with Gasteiger partial charge in [0.15, 0.2) is 0 Å². The normalized spacial score (nSPS) is 14.9. The highest BCUT2D eigenvalue weighted by atomic mass is 16.5. The molecule has 1 rings (SSSR count). The van der Waals surface area contributed by atoms with Gasteiger partial charge in [0, 0.05) is 19.2 Å². The van der Waals surface area contributed by atoms with Crippen molar-refractivity contribution in [3.05, 3.63) is 35.9 Å². The Morgan fingerprint density at radius 2 is 1.93 bits per heavy atom. The minimum Gasteiger partial charge on any atom is -0.383 e. The Bertz CT molecular complexity index is 260. The van der Waals surface area contributed by atoms with Crippen LogP contribution in [0.4, 0.5) is 0 Å². The van der Waals surface area contributed by atoms with E-state index in [-0.39, 0.29) is 0 Å². The topological polar surface area (TPSA) is 21.3 Å². The number of ether oxygens (including phenoxy) is 1. The minimum absolute atomic E-state index is 0.381. The van der Waals surface area contributed by atoms with Gasteiger partial charge in [-0.25, -0.2) is 0 Å². The van der Waals surface area contributed by atoms with Crippen LogP contribution in [-0.2, 0) is 4.74 Å². The second-order valence-electron chi connectivity index (χ2n) is 3.86. The Hall–Kier alpha value is -0.860. The van der Waals surface area contributed by atoms with Crippen LogP contribution < -0.4 is 5.32 Å². The van der Waals surface area contributed by atoms with Crippen LogP contribution in [0.15, 0.2) is 30.3 Å². The minimum atomic E-state index is 0.381. The van der Waals surface area contributed by atoms with Crippen molar-refractivity contribution in [3.8, 4) is 0 Å². The summed E-state index contributed by atoms with van der Waals surface area (Å²) < 4.78 is 5.17. The molecular formula is C13H21NO. The average Bonchev–Trinajstić information content (AvgIpc) is 2.29. The largest absolute Gasteiger partial charge is 0.383 e. The Morgan fingerprint density at radius 3 is 2.47 bits per heavy atom. The van der Waals surface area contributed by atoms with E-state index in [1.165, 1.54) is 5.56 Å².